The predicted octanol–water partition coefficient (Wildman–Crippen LogP) is 5.01. The van der Waals surface area contributed by atoms with Crippen LogP contribution in [0.3, 0.4) is 0 Å². The Bertz CT molecular complexity index is 844. The van der Waals surface area contributed by atoms with E-state index < -0.39 is 0 Å². The van der Waals surface area contributed by atoms with Crippen molar-refractivity contribution in [3.8, 4) is 0 Å². The van der Waals surface area contributed by atoms with Crippen LogP contribution in [0.15, 0.2) is 59.5 Å². The van der Waals surface area contributed by atoms with Crippen molar-refractivity contribution in [2.45, 2.75) is 19.6 Å². The Hall–Kier alpha value is -2.04. The number of thioether (sulfide) groups is 1. The van der Waals surface area contributed by atoms with Gasteiger partial charge in [0.2, 0.25) is 0 Å². The number of hydrogen-bond acceptors (Lipinski definition) is 3. The molecule has 0 N–H and O–H groups in total. The molecule has 0 radical (unpaired) electrons. The van der Waals surface area contributed by atoms with Crippen molar-refractivity contribution in [1.82, 2.24) is 4.90 Å². The van der Waals surface area contributed by atoms with Crippen molar-refractivity contribution in [1.29, 1.82) is 0 Å². The Morgan fingerprint density at radius 1 is 0.962 bits per heavy atom. The van der Waals surface area contributed by atoms with E-state index in [0.29, 0.717) is 27.8 Å². The average molecular weight is 386 g/mol. The first-order valence-corrected chi connectivity index (χ1v) is 9.87. The van der Waals surface area contributed by atoms with Gasteiger partial charge in [0.15, 0.2) is 0 Å². The van der Waals surface area contributed by atoms with Crippen LogP contribution in [0.1, 0.15) is 25.0 Å². The number of benzene rings is 2. The zero-order chi connectivity index (χ0) is 18.7. The van der Waals surface area contributed by atoms with E-state index in [2.05, 4.69) is 0 Å². The number of nitrogens with zero attached hydrogens (tertiary/aromatic N) is 1. The Morgan fingerprint density at radius 2 is 1.62 bits per heavy atom. The number of carbonyl (C=O) groups is 2. The lowest BCUT2D eigenvalue weighted by Gasteiger charge is -2.17. The minimum Gasteiger partial charge on any atom is -0.274 e. The van der Waals surface area contributed by atoms with Crippen LogP contribution in [-0.2, 0) is 15.3 Å². The molecule has 1 aliphatic rings. The number of amides is 2. The molecule has 3 nitrogen and oxygen atoms in total. The van der Waals surface area contributed by atoms with Crippen LogP contribution >= 0.6 is 23.4 Å². The molecule has 0 unspecified atom stereocenters. The summed E-state index contributed by atoms with van der Waals surface area (Å²) in [5.41, 5.74) is 2.32. The zero-order valence-corrected chi connectivity index (χ0v) is 16.3. The number of hydrogen-bond donors (Lipinski definition) is 0. The van der Waals surface area contributed by atoms with Gasteiger partial charge in [0.25, 0.3) is 11.8 Å². The molecule has 5 heteroatoms. The monoisotopic (exact) mass is 385 g/mol. The fraction of sp³-hybridized carbons (Fsp3) is 0.238. The maximum atomic E-state index is 13.0. The highest BCUT2D eigenvalue weighted by Crippen LogP contribution is 2.38. The number of halogens is 1. The first-order chi connectivity index (χ1) is 12.5. The highest BCUT2D eigenvalue weighted by atomic mass is 35.5. The van der Waals surface area contributed by atoms with E-state index >= 15 is 0 Å². The van der Waals surface area contributed by atoms with Gasteiger partial charge in [-0.3, -0.25) is 14.5 Å². The van der Waals surface area contributed by atoms with E-state index in [0.717, 1.165) is 11.1 Å². The van der Waals surface area contributed by atoms with Gasteiger partial charge in [-0.25, -0.2) is 0 Å². The van der Waals surface area contributed by atoms with Crippen LogP contribution in [-0.4, -0.2) is 23.3 Å². The smallest absolute Gasteiger partial charge is 0.268 e. The topological polar surface area (TPSA) is 37.4 Å². The molecule has 2 amide bonds. The Kier molecular flexibility index (Phi) is 5.84. The second-order valence-electron chi connectivity index (χ2n) is 6.60. The number of imide groups is 1. The standard InChI is InChI=1S/C21H20ClNO2S/c1-14(2)12-23-20(24)18(16-8-10-17(22)11-9-16)19(21(23)25)26-13-15-6-4-3-5-7-15/h3-11,14H,12-13H2,1-2H3. The molecule has 0 saturated heterocycles. The largest absolute Gasteiger partial charge is 0.274 e. The Labute approximate surface area is 163 Å². The molecule has 0 saturated carbocycles. The highest BCUT2D eigenvalue weighted by Gasteiger charge is 2.39. The van der Waals surface area contributed by atoms with E-state index in [9.17, 15) is 9.59 Å². The summed E-state index contributed by atoms with van der Waals surface area (Å²) in [4.78, 5) is 27.8. The molecule has 2 aromatic carbocycles. The van der Waals surface area contributed by atoms with E-state index in [1.807, 2.05) is 44.2 Å². The minimum absolute atomic E-state index is 0.199. The summed E-state index contributed by atoms with van der Waals surface area (Å²) in [5, 5.41) is 0.601. The van der Waals surface area contributed by atoms with Crippen LogP contribution in [0.5, 0.6) is 0 Å². The highest BCUT2D eigenvalue weighted by molar-refractivity contribution is 8.03. The Morgan fingerprint density at radius 3 is 2.23 bits per heavy atom. The fourth-order valence-corrected chi connectivity index (χ4v) is 4.03. The molecule has 3 rings (SSSR count). The number of carbonyl (C=O) groups excluding carboxylic acids is 2. The average Bonchev–Trinajstić information content (AvgIpc) is 2.85. The van der Waals surface area contributed by atoms with E-state index in [1.165, 1.54) is 16.7 Å². The molecule has 1 heterocycles. The molecule has 0 bridgehead atoms. The van der Waals surface area contributed by atoms with Crippen molar-refractivity contribution >= 4 is 40.8 Å². The zero-order valence-electron chi connectivity index (χ0n) is 14.7. The Balaban J connectivity index is 1.95. The molecule has 1 aliphatic heterocycles. The SMILES string of the molecule is CC(C)CN1C(=O)C(SCc2ccccc2)=C(c2ccc(Cl)cc2)C1=O. The van der Waals surface area contributed by atoms with Gasteiger partial charge in [-0.2, -0.15) is 0 Å². The maximum absolute atomic E-state index is 13.0. The molecule has 0 spiro atoms. The van der Waals surface area contributed by atoms with Crippen molar-refractivity contribution in [3.63, 3.8) is 0 Å². The predicted molar refractivity (Wildman–Crippen MR) is 108 cm³/mol. The molecule has 134 valence electrons. The normalized spacial score (nSPS) is 14.7. The quantitative estimate of drug-likeness (QED) is 0.656. The molecular weight excluding hydrogens is 366 g/mol. The van der Waals surface area contributed by atoms with Gasteiger partial charge in [0.05, 0.1) is 10.5 Å². The van der Waals surface area contributed by atoms with Crippen molar-refractivity contribution in [2.75, 3.05) is 6.54 Å². The minimum atomic E-state index is -0.221. The van der Waals surface area contributed by atoms with E-state index in [4.69, 9.17) is 11.6 Å². The third-order valence-corrected chi connectivity index (χ3v) is 5.43. The molecule has 0 aliphatic carbocycles. The molecule has 0 atom stereocenters. The van der Waals surface area contributed by atoms with Gasteiger partial charge in [0.1, 0.15) is 0 Å². The molecule has 2 aromatic rings. The third-order valence-electron chi connectivity index (χ3n) is 4.03. The van der Waals surface area contributed by atoms with Gasteiger partial charge in [0, 0.05) is 17.3 Å². The molecule has 0 aromatic heterocycles. The van der Waals surface area contributed by atoms with Crippen LogP contribution in [0, 0.1) is 5.92 Å². The van der Waals surface area contributed by atoms with Crippen LogP contribution in [0.4, 0.5) is 0 Å². The van der Waals surface area contributed by atoms with E-state index in [1.54, 1.807) is 24.3 Å². The summed E-state index contributed by atoms with van der Waals surface area (Å²) in [6.45, 7) is 4.42. The van der Waals surface area contributed by atoms with Gasteiger partial charge in [-0.1, -0.05) is 67.9 Å². The third kappa shape index (κ3) is 4.02. The lowest BCUT2D eigenvalue weighted by molar-refractivity contribution is -0.137. The van der Waals surface area contributed by atoms with Crippen molar-refractivity contribution in [2.24, 2.45) is 5.92 Å². The fourth-order valence-electron chi connectivity index (χ4n) is 2.82. The van der Waals surface area contributed by atoms with Crippen LogP contribution in [0.2, 0.25) is 5.02 Å². The summed E-state index contributed by atoms with van der Waals surface area (Å²) in [5.74, 6) is 0.436. The molecule has 26 heavy (non-hydrogen) atoms. The van der Waals surface area contributed by atoms with Gasteiger partial charge >= 0.3 is 0 Å². The molecular formula is C21H20ClNO2S. The van der Waals surface area contributed by atoms with Gasteiger partial charge in [-0.05, 0) is 29.2 Å². The van der Waals surface area contributed by atoms with Crippen LogP contribution < -0.4 is 0 Å². The van der Waals surface area contributed by atoms with E-state index in [-0.39, 0.29) is 17.7 Å². The van der Waals surface area contributed by atoms with Gasteiger partial charge in [-0.15, -0.1) is 11.8 Å². The lowest BCUT2D eigenvalue weighted by Crippen LogP contribution is -2.34. The van der Waals surface area contributed by atoms with Crippen molar-refractivity contribution < 1.29 is 9.59 Å². The molecule has 0 fully saturated rings. The lowest BCUT2D eigenvalue weighted by atomic mass is 10.1. The first kappa shape index (κ1) is 18.7. The summed E-state index contributed by atoms with van der Waals surface area (Å²) < 4.78 is 0. The van der Waals surface area contributed by atoms with Crippen LogP contribution in [0.25, 0.3) is 5.57 Å². The summed E-state index contributed by atoms with van der Waals surface area (Å²) in [6, 6.07) is 17.0. The van der Waals surface area contributed by atoms with Gasteiger partial charge < -0.3 is 0 Å². The summed E-state index contributed by atoms with van der Waals surface area (Å²) in [7, 11) is 0. The second kappa shape index (κ2) is 8.11. The number of rotatable bonds is 6. The first-order valence-electron chi connectivity index (χ1n) is 8.50. The maximum Gasteiger partial charge on any atom is 0.268 e. The second-order valence-corrected chi connectivity index (χ2v) is 8.02. The summed E-state index contributed by atoms with van der Waals surface area (Å²) >= 11 is 7.40. The summed E-state index contributed by atoms with van der Waals surface area (Å²) in [6.07, 6.45) is 0. The van der Waals surface area contributed by atoms with Crippen molar-refractivity contribution in [3.05, 3.63) is 75.7 Å².